The van der Waals surface area contributed by atoms with E-state index in [2.05, 4.69) is 25.7 Å². The number of hydrogen-bond acceptors (Lipinski definition) is 3. The molecule has 0 bridgehead atoms. The largest absolute Gasteiger partial charge is 0.444 e. The predicted octanol–water partition coefficient (Wildman–Crippen LogP) is 4.76. The first-order valence-electron chi connectivity index (χ1n) is 8.68. The molecule has 0 saturated carbocycles. The van der Waals surface area contributed by atoms with Crippen LogP contribution in [-0.4, -0.2) is 31.0 Å². The Morgan fingerprint density at radius 2 is 1.96 bits per heavy atom. The lowest BCUT2D eigenvalue weighted by Gasteiger charge is -2.20. The van der Waals surface area contributed by atoms with Gasteiger partial charge in [0.2, 0.25) is 0 Å². The molecule has 0 N–H and O–H groups in total. The van der Waals surface area contributed by atoms with Gasteiger partial charge in [-0.1, -0.05) is 68.2 Å². The van der Waals surface area contributed by atoms with Gasteiger partial charge in [0.1, 0.15) is 6.61 Å². The predicted molar refractivity (Wildman–Crippen MR) is 103 cm³/mol. The van der Waals surface area contributed by atoms with Gasteiger partial charge < -0.3 is 4.74 Å². The van der Waals surface area contributed by atoms with E-state index >= 15 is 0 Å². The maximum atomic E-state index is 12.5. The second-order valence-electron chi connectivity index (χ2n) is 7.49. The molecule has 0 spiro atoms. The van der Waals surface area contributed by atoms with E-state index in [0.29, 0.717) is 12.0 Å². The number of benzene rings is 1. The van der Waals surface area contributed by atoms with E-state index in [9.17, 15) is 9.59 Å². The average Bonchev–Trinajstić information content (AvgIpc) is 2.88. The fourth-order valence-electron chi connectivity index (χ4n) is 2.69. The van der Waals surface area contributed by atoms with Crippen LogP contribution >= 0.6 is 0 Å². The molecule has 0 radical (unpaired) electrons. The first kappa shape index (κ1) is 19.2. The summed E-state index contributed by atoms with van der Waals surface area (Å²) in [5.74, 6) is -0.247. The summed E-state index contributed by atoms with van der Waals surface area (Å²) >= 11 is 0. The number of ether oxygens (including phenoxy) is 1. The Morgan fingerprint density at radius 3 is 2.56 bits per heavy atom. The zero-order chi connectivity index (χ0) is 18.4. The zero-order valence-corrected chi connectivity index (χ0v) is 16.5. The van der Waals surface area contributed by atoms with Crippen LogP contribution in [0.25, 0.3) is 0 Å². The third-order valence-corrected chi connectivity index (χ3v) is 5.55. The summed E-state index contributed by atoms with van der Waals surface area (Å²) < 4.78 is 5.37. The molecular weight excluding hydrogens is 330 g/mol. The van der Waals surface area contributed by atoms with Gasteiger partial charge in [-0.15, -0.1) is 0 Å². The summed E-state index contributed by atoms with van der Waals surface area (Å²) in [5.41, 5.74) is 1.57. The maximum Gasteiger partial charge on any atom is 0.417 e. The van der Waals surface area contributed by atoms with Gasteiger partial charge in [0.25, 0.3) is 5.91 Å². The fourth-order valence-corrected chi connectivity index (χ4v) is 3.53. The van der Waals surface area contributed by atoms with E-state index in [0.717, 1.165) is 11.6 Å². The second kappa shape index (κ2) is 8.29. The van der Waals surface area contributed by atoms with Crippen molar-refractivity contribution in [3.05, 3.63) is 59.7 Å². The van der Waals surface area contributed by atoms with Crippen molar-refractivity contribution in [1.82, 2.24) is 4.90 Å². The molecule has 0 aromatic heterocycles. The number of nitrogens with zero attached hydrogens (tertiary/aromatic N) is 1. The highest BCUT2D eigenvalue weighted by molar-refractivity contribution is 6.76. The van der Waals surface area contributed by atoms with Gasteiger partial charge in [-0.25, -0.2) is 9.69 Å². The first-order chi connectivity index (χ1) is 11.8. The van der Waals surface area contributed by atoms with Crippen molar-refractivity contribution in [3.63, 3.8) is 0 Å². The number of hydrogen-bond donors (Lipinski definition) is 0. The minimum absolute atomic E-state index is 0.167. The van der Waals surface area contributed by atoms with Gasteiger partial charge in [0.15, 0.2) is 0 Å². The summed E-state index contributed by atoms with van der Waals surface area (Å²) in [6.45, 7) is 8.87. The molecule has 1 aromatic carbocycles. The monoisotopic (exact) mass is 357 g/mol. The second-order valence-corrected chi connectivity index (χ2v) is 13.0. The van der Waals surface area contributed by atoms with Gasteiger partial charge in [0.05, 0.1) is 6.04 Å². The highest BCUT2D eigenvalue weighted by atomic mass is 28.3. The minimum Gasteiger partial charge on any atom is -0.444 e. The Balaban J connectivity index is 2.07. The van der Waals surface area contributed by atoms with E-state index in [1.165, 1.54) is 4.90 Å². The Morgan fingerprint density at radius 1 is 1.28 bits per heavy atom. The molecule has 2 amide bonds. The smallest absolute Gasteiger partial charge is 0.417 e. The number of carbonyl (C=O) groups excluding carboxylic acids is 2. The van der Waals surface area contributed by atoms with Crippen molar-refractivity contribution in [2.24, 2.45) is 0 Å². The van der Waals surface area contributed by atoms with Gasteiger partial charge >= 0.3 is 6.09 Å². The van der Waals surface area contributed by atoms with Crippen molar-refractivity contribution in [3.8, 4) is 0 Å². The quantitative estimate of drug-likeness (QED) is 0.433. The lowest BCUT2D eigenvalue weighted by Crippen LogP contribution is -2.38. The Labute approximate surface area is 151 Å². The van der Waals surface area contributed by atoms with E-state index in [1.54, 1.807) is 6.08 Å². The highest BCUT2D eigenvalue weighted by Crippen LogP contribution is 2.26. The molecule has 5 heteroatoms. The molecule has 1 heterocycles. The number of imide groups is 1. The SMILES string of the molecule is C/C=C1\CC(/C=C\C[Si](C)(C)C)N(C(=O)OCc2ccccc2)C1=O. The molecule has 1 aromatic rings. The molecule has 1 saturated heterocycles. The normalized spacial score (nSPS) is 19.8. The number of carbonyl (C=O) groups is 2. The van der Waals surface area contributed by atoms with Crippen LogP contribution in [-0.2, 0) is 16.1 Å². The topological polar surface area (TPSA) is 46.6 Å². The van der Waals surface area contributed by atoms with Crippen molar-refractivity contribution in [1.29, 1.82) is 0 Å². The number of allylic oxidation sites excluding steroid dienone is 2. The van der Waals surface area contributed by atoms with Crippen LogP contribution in [0.15, 0.2) is 54.1 Å². The molecule has 2 rings (SSSR count). The molecule has 134 valence electrons. The fraction of sp³-hybridized carbons (Fsp3) is 0.400. The van der Waals surface area contributed by atoms with Gasteiger partial charge in [-0.2, -0.15) is 0 Å². The third kappa shape index (κ3) is 5.43. The molecule has 1 aliphatic heterocycles. The molecule has 0 aliphatic carbocycles. The number of amides is 2. The third-order valence-electron chi connectivity index (χ3n) is 4.09. The average molecular weight is 358 g/mol. The Kier molecular flexibility index (Phi) is 6.37. The van der Waals surface area contributed by atoms with E-state index in [1.807, 2.05) is 43.3 Å². The van der Waals surface area contributed by atoms with Crippen LogP contribution in [0.5, 0.6) is 0 Å². The molecule has 1 unspecified atom stereocenters. The molecular formula is C20H27NO3Si. The van der Waals surface area contributed by atoms with Crippen LogP contribution in [0.3, 0.4) is 0 Å². The molecule has 4 nitrogen and oxygen atoms in total. The van der Waals surface area contributed by atoms with E-state index < -0.39 is 14.2 Å². The Hall–Kier alpha value is -2.14. The van der Waals surface area contributed by atoms with Crippen molar-refractivity contribution < 1.29 is 14.3 Å². The molecule has 1 aliphatic rings. The van der Waals surface area contributed by atoms with Gasteiger partial charge in [0, 0.05) is 20.1 Å². The lowest BCUT2D eigenvalue weighted by molar-refractivity contribution is -0.124. The van der Waals surface area contributed by atoms with Crippen molar-refractivity contribution >= 4 is 20.1 Å². The number of rotatable bonds is 5. The summed E-state index contributed by atoms with van der Waals surface area (Å²) in [6.07, 6.45) is 5.86. The molecule has 1 atom stereocenters. The van der Waals surface area contributed by atoms with E-state index in [-0.39, 0.29) is 18.6 Å². The van der Waals surface area contributed by atoms with Crippen LogP contribution in [0.1, 0.15) is 18.9 Å². The Bertz CT molecular complexity index is 674. The molecule has 1 fully saturated rings. The zero-order valence-electron chi connectivity index (χ0n) is 15.5. The summed E-state index contributed by atoms with van der Waals surface area (Å²) in [7, 11) is -1.20. The molecule has 25 heavy (non-hydrogen) atoms. The number of likely N-dealkylation sites (tertiary alicyclic amines) is 1. The van der Waals surface area contributed by atoms with Crippen LogP contribution in [0, 0.1) is 0 Å². The summed E-state index contributed by atoms with van der Waals surface area (Å²) in [6, 6.07) is 10.2. The van der Waals surface area contributed by atoms with Crippen molar-refractivity contribution in [2.75, 3.05) is 0 Å². The van der Waals surface area contributed by atoms with Gasteiger partial charge in [-0.05, 0) is 18.5 Å². The van der Waals surface area contributed by atoms with E-state index in [4.69, 9.17) is 4.74 Å². The maximum absolute atomic E-state index is 12.5. The highest BCUT2D eigenvalue weighted by Gasteiger charge is 2.38. The first-order valence-corrected chi connectivity index (χ1v) is 12.4. The summed E-state index contributed by atoms with van der Waals surface area (Å²) in [5, 5.41) is 0. The lowest BCUT2D eigenvalue weighted by atomic mass is 10.1. The standard InChI is InChI=1S/C20H27NO3Si/c1-5-17-14-18(12-9-13-25(2,3)4)21(19(17)22)20(23)24-15-16-10-7-6-8-11-16/h5-12,18H,13-15H2,1-4H3/b12-9-,17-5+. The van der Waals surface area contributed by atoms with Crippen LogP contribution < -0.4 is 0 Å². The minimum atomic E-state index is -1.20. The van der Waals surface area contributed by atoms with Crippen LogP contribution in [0.2, 0.25) is 25.7 Å². The van der Waals surface area contributed by atoms with Gasteiger partial charge in [-0.3, -0.25) is 4.79 Å². The summed E-state index contributed by atoms with van der Waals surface area (Å²) in [4.78, 5) is 26.2. The van der Waals surface area contributed by atoms with Crippen molar-refractivity contribution in [2.45, 2.75) is 51.7 Å². The van der Waals surface area contributed by atoms with Crippen LogP contribution in [0.4, 0.5) is 4.79 Å².